The van der Waals surface area contributed by atoms with Gasteiger partial charge in [-0.1, -0.05) is 0 Å². The average Bonchev–Trinajstić information content (AvgIpc) is 3.48. The first-order valence-corrected chi connectivity index (χ1v) is 11.3. The number of amides is 1. The molecule has 0 spiro atoms. The lowest BCUT2D eigenvalue weighted by molar-refractivity contribution is -0.122. The fourth-order valence-electron chi connectivity index (χ4n) is 4.19. The molecule has 7 heteroatoms. The molecule has 0 bridgehead atoms. The summed E-state index contributed by atoms with van der Waals surface area (Å²) >= 11 is 1.67. The normalized spacial score (nSPS) is 21.2. The van der Waals surface area contributed by atoms with E-state index >= 15 is 0 Å². The third-order valence-corrected chi connectivity index (χ3v) is 6.65. The molecule has 0 unspecified atom stereocenters. The Morgan fingerprint density at radius 3 is 2.96 bits per heavy atom. The van der Waals surface area contributed by atoms with Gasteiger partial charge in [-0.3, -0.25) is 14.3 Å². The van der Waals surface area contributed by atoms with E-state index in [1.165, 1.54) is 18.5 Å². The molecule has 28 heavy (non-hydrogen) atoms. The highest BCUT2D eigenvalue weighted by Crippen LogP contribution is 2.24. The Bertz CT molecular complexity index is 731. The minimum absolute atomic E-state index is 0.180. The zero-order valence-electron chi connectivity index (χ0n) is 16.4. The Labute approximate surface area is 170 Å². The van der Waals surface area contributed by atoms with Crippen LogP contribution in [0.3, 0.4) is 0 Å². The quantitative estimate of drug-likeness (QED) is 0.737. The van der Waals surface area contributed by atoms with E-state index in [-0.39, 0.29) is 12.0 Å². The average molecular weight is 403 g/mol. The van der Waals surface area contributed by atoms with E-state index in [0.717, 1.165) is 50.6 Å². The Hall–Kier alpha value is -1.70. The van der Waals surface area contributed by atoms with Gasteiger partial charge in [0.25, 0.3) is 0 Å². The van der Waals surface area contributed by atoms with Gasteiger partial charge in [0.2, 0.25) is 5.91 Å². The minimum Gasteiger partial charge on any atom is -0.376 e. The van der Waals surface area contributed by atoms with Crippen molar-refractivity contribution in [1.29, 1.82) is 0 Å². The number of hydrogen-bond acceptors (Lipinski definition) is 5. The SMILES string of the molecule is O=C(CCC1CCN(Cc2cccn2-c2nccs2)CC1)NC[C@@H]1CCCO1. The van der Waals surface area contributed by atoms with Crippen molar-refractivity contribution in [2.75, 3.05) is 26.2 Å². The third-order valence-electron chi connectivity index (χ3n) is 5.88. The first-order valence-electron chi connectivity index (χ1n) is 10.4. The molecule has 1 atom stereocenters. The van der Waals surface area contributed by atoms with Crippen LogP contribution in [-0.2, 0) is 16.1 Å². The van der Waals surface area contributed by atoms with Crippen LogP contribution < -0.4 is 5.32 Å². The Kier molecular flexibility index (Phi) is 6.77. The van der Waals surface area contributed by atoms with Gasteiger partial charge >= 0.3 is 0 Å². The highest BCUT2D eigenvalue weighted by Gasteiger charge is 2.21. The predicted octanol–water partition coefficient (Wildman–Crippen LogP) is 3.22. The van der Waals surface area contributed by atoms with Crippen LogP contribution in [0, 0.1) is 5.92 Å². The van der Waals surface area contributed by atoms with E-state index in [4.69, 9.17) is 4.74 Å². The number of ether oxygens (including phenoxy) is 1. The van der Waals surface area contributed by atoms with Crippen molar-refractivity contribution in [3.05, 3.63) is 35.6 Å². The lowest BCUT2D eigenvalue weighted by Gasteiger charge is -2.32. The molecule has 2 aliphatic heterocycles. The first-order chi connectivity index (χ1) is 13.8. The summed E-state index contributed by atoms with van der Waals surface area (Å²) in [5.74, 6) is 0.842. The summed E-state index contributed by atoms with van der Waals surface area (Å²) in [7, 11) is 0. The van der Waals surface area contributed by atoms with Gasteiger partial charge in [-0.05, 0) is 63.2 Å². The summed E-state index contributed by atoms with van der Waals surface area (Å²) in [6, 6.07) is 4.28. The number of piperidine rings is 1. The summed E-state index contributed by atoms with van der Waals surface area (Å²) in [6.45, 7) is 4.68. The molecule has 0 saturated carbocycles. The van der Waals surface area contributed by atoms with Crippen LogP contribution in [0.4, 0.5) is 0 Å². The summed E-state index contributed by atoms with van der Waals surface area (Å²) in [6.07, 6.45) is 10.4. The Balaban J connectivity index is 1.16. The van der Waals surface area contributed by atoms with Gasteiger partial charge in [-0.15, -0.1) is 11.3 Å². The van der Waals surface area contributed by atoms with Crippen molar-refractivity contribution in [3.8, 4) is 5.13 Å². The molecule has 6 nitrogen and oxygen atoms in total. The molecule has 4 heterocycles. The maximum Gasteiger partial charge on any atom is 0.220 e. The highest BCUT2D eigenvalue weighted by atomic mass is 32.1. The fraction of sp³-hybridized carbons (Fsp3) is 0.619. The molecule has 2 aliphatic rings. The maximum atomic E-state index is 12.1. The molecule has 4 rings (SSSR count). The monoisotopic (exact) mass is 402 g/mol. The highest BCUT2D eigenvalue weighted by molar-refractivity contribution is 7.12. The van der Waals surface area contributed by atoms with E-state index in [9.17, 15) is 4.79 Å². The van der Waals surface area contributed by atoms with Crippen LogP contribution in [0.15, 0.2) is 29.9 Å². The van der Waals surface area contributed by atoms with Gasteiger partial charge in [0.1, 0.15) is 0 Å². The summed E-state index contributed by atoms with van der Waals surface area (Å²) in [5.41, 5.74) is 1.29. The Morgan fingerprint density at radius 1 is 1.32 bits per heavy atom. The number of rotatable bonds is 8. The van der Waals surface area contributed by atoms with E-state index in [0.29, 0.717) is 18.9 Å². The van der Waals surface area contributed by atoms with Crippen molar-refractivity contribution in [3.63, 3.8) is 0 Å². The molecule has 0 aromatic carbocycles. The third kappa shape index (κ3) is 5.21. The molecule has 152 valence electrons. The van der Waals surface area contributed by atoms with E-state index < -0.39 is 0 Å². The van der Waals surface area contributed by atoms with Gasteiger partial charge in [0.05, 0.1) is 6.10 Å². The van der Waals surface area contributed by atoms with Gasteiger partial charge in [-0.25, -0.2) is 4.98 Å². The second-order valence-corrected chi connectivity index (χ2v) is 8.75. The van der Waals surface area contributed by atoms with Crippen LogP contribution in [0.1, 0.15) is 44.2 Å². The second kappa shape index (κ2) is 9.67. The molecular weight excluding hydrogens is 372 g/mol. The lowest BCUT2D eigenvalue weighted by Crippen LogP contribution is -2.35. The molecule has 2 aromatic heterocycles. The van der Waals surface area contributed by atoms with Crippen molar-refractivity contribution < 1.29 is 9.53 Å². The molecule has 1 amide bonds. The molecular formula is C21H30N4O2S. The minimum atomic E-state index is 0.180. The van der Waals surface area contributed by atoms with Crippen LogP contribution in [-0.4, -0.2) is 52.7 Å². The van der Waals surface area contributed by atoms with Crippen molar-refractivity contribution in [2.24, 2.45) is 5.92 Å². The maximum absolute atomic E-state index is 12.1. The fourth-order valence-corrected chi connectivity index (χ4v) is 4.84. The summed E-state index contributed by atoms with van der Waals surface area (Å²) in [4.78, 5) is 19.0. The van der Waals surface area contributed by atoms with E-state index in [2.05, 4.69) is 38.1 Å². The number of aromatic nitrogens is 2. The molecule has 0 radical (unpaired) electrons. The van der Waals surface area contributed by atoms with Crippen LogP contribution in [0.5, 0.6) is 0 Å². The molecule has 2 fully saturated rings. The zero-order valence-corrected chi connectivity index (χ0v) is 17.2. The van der Waals surface area contributed by atoms with Crippen LogP contribution in [0.2, 0.25) is 0 Å². The number of thiazole rings is 1. The molecule has 0 aliphatic carbocycles. The lowest BCUT2D eigenvalue weighted by atomic mass is 9.92. The van der Waals surface area contributed by atoms with Crippen LogP contribution >= 0.6 is 11.3 Å². The molecule has 2 aromatic rings. The Morgan fingerprint density at radius 2 is 2.21 bits per heavy atom. The van der Waals surface area contributed by atoms with Crippen molar-refractivity contribution >= 4 is 17.2 Å². The van der Waals surface area contributed by atoms with E-state index in [1.54, 1.807) is 11.3 Å². The smallest absolute Gasteiger partial charge is 0.220 e. The standard InChI is InChI=1S/C21H30N4O2S/c26-20(23-15-19-4-2-13-27-19)6-5-17-7-11-24(12-8-17)16-18-3-1-10-25(18)21-22-9-14-28-21/h1,3,9-10,14,17,19H,2,4-8,11-13,15-16H2,(H,23,26)/t19-/m0/s1. The van der Waals surface area contributed by atoms with E-state index in [1.807, 2.05) is 11.6 Å². The van der Waals surface area contributed by atoms with Gasteiger partial charge in [0.15, 0.2) is 5.13 Å². The number of hydrogen-bond donors (Lipinski definition) is 1. The zero-order chi connectivity index (χ0) is 19.2. The van der Waals surface area contributed by atoms with Crippen LogP contribution in [0.25, 0.3) is 5.13 Å². The molecule has 2 saturated heterocycles. The summed E-state index contributed by atoms with van der Waals surface area (Å²) < 4.78 is 7.75. The van der Waals surface area contributed by atoms with Crippen molar-refractivity contribution in [2.45, 2.75) is 51.2 Å². The predicted molar refractivity (Wildman–Crippen MR) is 111 cm³/mol. The van der Waals surface area contributed by atoms with Gasteiger partial charge in [0, 0.05) is 49.6 Å². The number of nitrogens with zero attached hydrogens (tertiary/aromatic N) is 3. The number of nitrogens with one attached hydrogen (secondary N) is 1. The van der Waals surface area contributed by atoms with Gasteiger partial charge in [-0.2, -0.15) is 0 Å². The molecule has 1 N–H and O–H groups in total. The van der Waals surface area contributed by atoms with Crippen molar-refractivity contribution in [1.82, 2.24) is 19.8 Å². The topological polar surface area (TPSA) is 59.4 Å². The number of carbonyl (C=O) groups is 1. The second-order valence-electron chi connectivity index (χ2n) is 7.88. The largest absolute Gasteiger partial charge is 0.376 e. The number of carbonyl (C=O) groups excluding carboxylic acids is 1. The number of likely N-dealkylation sites (tertiary alicyclic amines) is 1. The first kappa shape index (κ1) is 19.6. The summed E-state index contributed by atoms with van der Waals surface area (Å²) in [5, 5.41) is 6.09. The van der Waals surface area contributed by atoms with Gasteiger partial charge < -0.3 is 10.1 Å².